The molecule has 0 saturated heterocycles. The number of carbonyl (C=O) groups excluding carboxylic acids is 2. The van der Waals surface area contributed by atoms with E-state index in [2.05, 4.69) is 11.4 Å². The highest BCUT2D eigenvalue weighted by atomic mass is 32.1. The predicted molar refractivity (Wildman–Crippen MR) is 140 cm³/mol. The molecule has 2 amide bonds. The Hall–Kier alpha value is -3.91. The second-order valence-electron chi connectivity index (χ2n) is 9.03. The molecule has 4 aromatic rings. The van der Waals surface area contributed by atoms with Crippen LogP contribution in [0.4, 0.5) is 0 Å². The molecule has 0 radical (unpaired) electrons. The zero-order valence-electron chi connectivity index (χ0n) is 20.3. The van der Waals surface area contributed by atoms with Gasteiger partial charge >= 0.3 is 0 Å². The molecule has 5 rings (SSSR count). The molecular weight excluding hydrogens is 472 g/mol. The Morgan fingerprint density at radius 3 is 2.58 bits per heavy atom. The third-order valence-corrected chi connectivity index (χ3v) is 7.57. The Balaban J connectivity index is 1.45. The predicted octanol–water partition coefficient (Wildman–Crippen LogP) is 4.39. The van der Waals surface area contributed by atoms with E-state index in [1.807, 2.05) is 79.0 Å². The zero-order chi connectivity index (χ0) is 25.1. The zero-order valence-corrected chi connectivity index (χ0v) is 21.1. The molecule has 3 heterocycles. The van der Waals surface area contributed by atoms with Crippen LogP contribution in [0.1, 0.15) is 27.9 Å². The summed E-state index contributed by atoms with van der Waals surface area (Å²) in [6.07, 6.45) is 0.685. The van der Waals surface area contributed by atoms with E-state index in [9.17, 15) is 9.59 Å². The first-order valence-corrected chi connectivity index (χ1v) is 12.7. The maximum Gasteiger partial charge on any atom is 0.273 e. The Kier molecular flexibility index (Phi) is 6.61. The van der Waals surface area contributed by atoms with Crippen molar-refractivity contribution in [2.24, 2.45) is 0 Å². The highest BCUT2D eigenvalue weighted by molar-refractivity contribution is 7.09. The second-order valence-corrected chi connectivity index (χ2v) is 10.1. The lowest BCUT2D eigenvalue weighted by atomic mass is 9.94. The summed E-state index contributed by atoms with van der Waals surface area (Å²) < 4.78 is 6.93. The first-order chi connectivity index (χ1) is 17.5. The van der Waals surface area contributed by atoms with Crippen LogP contribution in [0, 0.1) is 0 Å². The lowest BCUT2D eigenvalue weighted by molar-refractivity contribution is -0.133. The summed E-state index contributed by atoms with van der Waals surface area (Å²) in [6.45, 7) is 2.94. The van der Waals surface area contributed by atoms with Crippen molar-refractivity contribution in [1.29, 1.82) is 0 Å². The van der Waals surface area contributed by atoms with Gasteiger partial charge in [0.25, 0.3) is 5.91 Å². The largest absolute Gasteiger partial charge is 0.497 e. The lowest BCUT2D eigenvalue weighted by Gasteiger charge is -2.43. The van der Waals surface area contributed by atoms with Crippen LogP contribution in [0.3, 0.4) is 0 Å². The monoisotopic (exact) mass is 500 g/mol. The van der Waals surface area contributed by atoms with Crippen LogP contribution >= 0.6 is 11.3 Å². The van der Waals surface area contributed by atoms with Gasteiger partial charge in [-0.3, -0.25) is 14.3 Å². The molecule has 2 aromatic carbocycles. The third kappa shape index (κ3) is 4.64. The number of aromatic nitrogens is 2. The SMILES string of the molecule is COc1ccc(-c2cc3n(n2)C[C@](C)(C(=O)NCc2ccccc2)N(CCc2cccs2)C3=O)cc1. The van der Waals surface area contributed by atoms with Crippen LogP contribution in [0.5, 0.6) is 5.75 Å². The number of amides is 2. The summed E-state index contributed by atoms with van der Waals surface area (Å²) in [5, 5.41) is 9.79. The normalized spacial score (nSPS) is 17.1. The van der Waals surface area contributed by atoms with E-state index in [1.165, 1.54) is 4.88 Å². The Morgan fingerprint density at radius 1 is 1.11 bits per heavy atom. The summed E-state index contributed by atoms with van der Waals surface area (Å²) >= 11 is 1.65. The van der Waals surface area contributed by atoms with E-state index in [0.29, 0.717) is 30.9 Å². The minimum Gasteiger partial charge on any atom is -0.497 e. The number of methoxy groups -OCH3 is 1. The van der Waals surface area contributed by atoms with Gasteiger partial charge in [0.1, 0.15) is 17.0 Å². The maximum atomic E-state index is 13.8. The smallest absolute Gasteiger partial charge is 0.273 e. The van der Waals surface area contributed by atoms with Gasteiger partial charge in [-0.1, -0.05) is 36.4 Å². The minimum absolute atomic E-state index is 0.192. The highest BCUT2D eigenvalue weighted by Crippen LogP contribution is 2.31. The molecule has 0 bridgehead atoms. The number of benzene rings is 2. The van der Waals surface area contributed by atoms with Crippen molar-refractivity contribution in [2.45, 2.75) is 32.0 Å². The summed E-state index contributed by atoms with van der Waals surface area (Å²) in [5.41, 5.74) is 1.97. The maximum absolute atomic E-state index is 13.8. The number of carbonyl (C=O) groups is 2. The number of ether oxygens (including phenoxy) is 1. The van der Waals surface area contributed by atoms with E-state index in [0.717, 1.165) is 16.9 Å². The van der Waals surface area contributed by atoms with Crippen LogP contribution in [0.25, 0.3) is 11.3 Å². The standard InChI is InChI=1S/C28H28N4O3S/c1-28(27(34)29-18-20-7-4-3-5-8-20)19-32-25(26(33)31(28)15-14-23-9-6-16-36-23)17-24(30-32)21-10-12-22(35-2)13-11-21/h3-13,16-17H,14-15,18-19H2,1-2H3,(H,29,34)/t28-/m1/s1. The molecule has 0 spiro atoms. The molecule has 1 atom stereocenters. The molecule has 1 N–H and O–H groups in total. The van der Waals surface area contributed by atoms with E-state index in [1.54, 1.807) is 28.0 Å². The second kappa shape index (κ2) is 9.99. The number of hydrogen-bond donors (Lipinski definition) is 1. The third-order valence-electron chi connectivity index (χ3n) is 6.63. The molecule has 2 aromatic heterocycles. The molecule has 0 saturated carbocycles. The van der Waals surface area contributed by atoms with Gasteiger partial charge in [-0.05, 0) is 60.7 Å². The van der Waals surface area contributed by atoms with Crippen molar-refractivity contribution in [1.82, 2.24) is 20.0 Å². The van der Waals surface area contributed by atoms with Crippen LogP contribution in [0.15, 0.2) is 78.2 Å². The fourth-order valence-electron chi connectivity index (χ4n) is 4.54. The van der Waals surface area contributed by atoms with Crippen molar-refractivity contribution in [3.8, 4) is 17.0 Å². The Labute approximate surface area is 214 Å². The van der Waals surface area contributed by atoms with Gasteiger partial charge in [0, 0.05) is 23.5 Å². The van der Waals surface area contributed by atoms with Gasteiger partial charge in [-0.25, -0.2) is 0 Å². The number of thiophene rings is 1. The van der Waals surface area contributed by atoms with Crippen LogP contribution < -0.4 is 10.1 Å². The fourth-order valence-corrected chi connectivity index (χ4v) is 5.24. The van der Waals surface area contributed by atoms with Gasteiger partial charge in [0.05, 0.1) is 19.3 Å². The molecule has 0 fully saturated rings. The Morgan fingerprint density at radius 2 is 1.89 bits per heavy atom. The van der Waals surface area contributed by atoms with Gasteiger partial charge in [-0.15, -0.1) is 11.3 Å². The summed E-state index contributed by atoms with van der Waals surface area (Å²) in [4.78, 5) is 30.3. The minimum atomic E-state index is -1.08. The summed E-state index contributed by atoms with van der Waals surface area (Å²) in [7, 11) is 1.62. The van der Waals surface area contributed by atoms with Gasteiger partial charge < -0.3 is 15.0 Å². The molecule has 184 valence electrons. The van der Waals surface area contributed by atoms with E-state index in [4.69, 9.17) is 9.84 Å². The lowest BCUT2D eigenvalue weighted by Crippen LogP contribution is -2.64. The van der Waals surface area contributed by atoms with Crippen molar-refractivity contribution < 1.29 is 14.3 Å². The Bertz CT molecular complexity index is 1350. The first-order valence-electron chi connectivity index (χ1n) is 11.9. The number of hydrogen-bond acceptors (Lipinski definition) is 5. The molecule has 1 aliphatic heterocycles. The summed E-state index contributed by atoms with van der Waals surface area (Å²) in [6, 6.07) is 23.2. The van der Waals surface area contributed by atoms with Crippen molar-refractivity contribution >= 4 is 23.2 Å². The molecular formula is C28H28N4O3S. The fraction of sp³-hybridized carbons (Fsp3) is 0.250. The van der Waals surface area contributed by atoms with Gasteiger partial charge in [0.2, 0.25) is 5.91 Å². The molecule has 0 unspecified atom stereocenters. The van der Waals surface area contributed by atoms with Gasteiger partial charge in [0.15, 0.2) is 0 Å². The molecule has 1 aliphatic rings. The number of nitrogens with zero attached hydrogens (tertiary/aromatic N) is 3. The van der Waals surface area contributed by atoms with Crippen molar-refractivity contribution in [3.05, 3.63) is 94.3 Å². The number of rotatable bonds is 8. The molecule has 7 nitrogen and oxygen atoms in total. The topological polar surface area (TPSA) is 76.5 Å². The van der Waals surface area contributed by atoms with E-state index >= 15 is 0 Å². The van der Waals surface area contributed by atoms with Crippen LogP contribution in [-0.4, -0.2) is 45.7 Å². The molecule has 8 heteroatoms. The summed E-state index contributed by atoms with van der Waals surface area (Å²) in [5.74, 6) is 0.363. The van der Waals surface area contributed by atoms with E-state index in [-0.39, 0.29) is 18.4 Å². The average Bonchev–Trinajstić information content (AvgIpc) is 3.58. The van der Waals surface area contributed by atoms with E-state index < -0.39 is 5.54 Å². The quantitative estimate of drug-likeness (QED) is 0.389. The number of nitrogens with one attached hydrogen (secondary N) is 1. The first kappa shape index (κ1) is 23.8. The van der Waals surface area contributed by atoms with Crippen molar-refractivity contribution in [3.63, 3.8) is 0 Å². The molecule has 36 heavy (non-hydrogen) atoms. The van der Waals surface area contributed by atoms with Gasteiger partial charge in [-0.2, -0.15) is 5.10 Å². The van der Waals surface area contributed by atoms with Crippen LogP contribution in [-0.2, 0) is 24.3 Å². The molecule has 0 aliphatic carbocycles. The van der Waals surface area contributed by atoms with Crippen LogP contribution in [0.2, 0.25) is 0 Å². The highest BCUT2D eigenvalue weighted by Gasteiger charge is 2.47. The average molecular weight is 501 g/mol. The number of fused-ring (bicyclic) bond motifs is 1. The van der Waals surface area contributed by atoms with Crippen molar-refractivity contribution in [2.75, 3.05) is 13.7 Å².